The number of aromatic nitrogens is 2. The highest BCUT2D eigenvalue weighted by atomic mass is 16.5. The van der Waals surface area contributed by atoms with Crippen LogP contribution in [-0.4, -0.2) is 22.7 Å². The number of carbonyl (C=O) groups excluding carboxylic acids is 1. The van der Waals surface area contributed by atoms with Crippen LogP contribution in [0.3, 0.4) is 0 Å². The first-order valence-electron chi connectivity index (χ1n) is 5.76. The van der Waals surface area contributed by atoms with Crippen LogP contribution in [-0.2, 0) is 11.3 Å². The molecule has 0 aliphatic carbocycles. The maximum absolute atomic E-state index is 11.6. The number of benzene rings is 1. The zero-order chi connectivity index (χ0) is 13.5. The number of para-hydroxylation sites is 2. The van der Waals surface area contributed by atoms with Crippen molar-refractivity contribution >= 4 is 11.6 Å². The Kier molecular flexibility index (Phi) is 4.28. The Morgan fingerprint density at radius 2 is 2.11 bits per heavy atom. The number of hydrogen-bond acceptors (Lipinski definition) is 5. The molecule has 3 N–H and O–H groups in total. The van der Waals surface area contributed by atoms with E-state index in [4.69, 9.17) is 10.5 Å². The predicted molar refractivity (Wildman–Crippen MR) is 70.2 cm³/mol. The molecule has 0 atom stereocenters. The van der Waals surface area contributed by atoms with Gasteiger partial charge in [-0.15, -0.1) is 0 Å². The lowest BCUT2D eigenvalue weighted by atomic mass is 10.3. The molecule has 0 fully saturated rings. The molecule has 0 saturated carbocycles. The van der Waals surface area contributed by atoms with E-state index in [1.54, 1.807) is 42.6 Å². The Bertz CT molecular complexity index is 545. The van der Waals surface area contributed by atoms with Crippen LogP contribution in [0.5, 0.6) is 5.75 Å². The van der Waals surface area contributed by atoms with Crippen molar-refractivity contribution in [1.82, 2.24) is 15.5 Å². The molecule has 6 heteroatoms. The Labute approximate surface area is 110 Å². The van der Waals surface area contributed by atoms with Gasteiger partial charge >= 0.3 is 0 Å². The van der Waals surface area contributed by atoms with Gasteiger partial charge in [-0.1, -0.05) is 12.1 Å². The Morgan fingerprint density at radius 1 is 1.26 bits per heavy atom. The highest BCUT2D eigenvalue weighted by Gasteiger charge is 2.05. The van der Waals surface area contributed by atoms with Crippen LogP contribution >= 0.6 is 0 Å². The van der Waals surface area contributed by atoms with Gasteiger partial charge in [-0.3, -0.25) is 4.79 Å². The summed E-state index contributed by atoms with van der Waals surface area (Å²) >= 11 is 0. The summed E-state index contributed by atoms with van der Waals surface area (Å²) in [5.74, 6) is 0.256. The summed E-state index contributed by atoms with van der Waals surface area (Å²) in [6.07, 6.45) is 1.58. The zero-order valence-electron chi connectivity index (χ0n) is 10.2. The van der Waals surface area contributed by atoms with E-state index in [1.807, 2.05) is 0 Å². The number of ether oxygens (including phenoxy) is 1. The van der Waals surface area contributed by atoms with E-state index >= 15 is 0 Å². The summed E-state index contributed by atoms with van der Waals surface area (Å²) in [6.45, 7) is 0.231. The molecule has 1 aromatic carbocycles. The summed E-state index contributed by atoms with van der Waals surface area (Å²) in [5, 5.41) is 10.3. The lowest BCUT2D eigenvalue weighted by Gasteiger charge is -2.08. The molecule has 0 bridgehead atoms. The third-order valence-electron chi connectivity index (χ3n) is 2.37. The summed E-state index contributed by atoms with van der Waals surface area (Å²) in [4.78, 5) is 11.6. The van der Waals surface area contributed by atoms with Crippen molar-refractivity contribution < 1.29 is 9.53 Å². The lowest BCUT2D eigenvalue weighted by Crippen LogP contribution is -2.28. The smallest absolute Gasteiger partial charge is 0.258 e. The summed E-state index contributed by atoms with van der Waals surface area (Å²) in [5.41, 5.74) is 6.89. The standard InChI is InChI=1S/C13H14N4O2/c14-11-5-1-2-6-12(11)19-9-13(18)15-8-10-4-3-7-16-17-10/h1-7H,8-9,14H2,(H,15,18). The third kappa shape index (κ3) is 3.95. The molecule has 0 aliphatic heterocycles. The summed E-state index contributed by atoms with van der Waals surface area (Å²) in [7, 11) is 0. The molecule has 0 aliphatic rings. The first-order valence-corrected chi connectivity index (χ1v) is 5.76. The fraction of sp³-hybridized carbons (Fsp3) is 0.154. The Hall–Kier alpha value is -2.63. The monoisotopic (exact) mass is 258 g/mol. The van der Waals surface area contributed by atoms with Gasteiger partial charge in [-0.2, -0.15) is 10.2 Å². The van der Waals surface area contributed by atoms with Gasteiger partial charge in [0.25, 0.3) is 5.91 Å². The molecule has 0 unspecified atom stereocenters. The van der Waals surface area contributed by atoms with Gasteiger partial charge < -0.3 is 15.8 Å². The molecule has 0 spiro atoms. The summed E-state index contributed by atoms with van der Waals surface area (Å²) in [6, 6.07) is 10.6. The van der Waals surface area contributed by atoms with Gasteiger partial charge in [-0.05, 0) is 24.3 Å². The van der Waals surface area contributed by atoms with E-state index < -0.39 is 0 Å². The Morgan fingerprint density at radius 3 is 2.84 bits per heavy atom. The minimum atomic E-state index is -0.242. The molecule has 2 rings (SSSR count). The molecule has 1 heterocycles. The van der Waals surface area contributed by atoms with Gasteiger partial charge in [0.1, 0.15) is 5.75 Å². The molecule has 6 nitrogen and oxygen atoms in total. The second kappa shape index (κ2) is 6.34. The molecule has 0 saturated heterocycles. The second-order valence-corrected chi connectivity index (χ2v) is 3.82. The highest BCUT2D eigenvalue weighted by Crippen LogP contribution is 2.19. The number of hydrogen-bond donors (Lipinski definition) is 2. The van der Waals surface area contributed by atoms with E-state index in [9.17, 15) is 4.79 Å². The van der Waals surface area contributed by atoms with Crippen LogP contribution in [0, 0.1) is 0 Å². The third-order valence-corrected chi connectivity index (χ3v) is 2.37. The van der Waals surface area contributed by atoms with Crippen LogP contribution in [0.25, 0.3) is 0 Å². The first kappa shape index (κ1) is 12.8. The van der Waals surface area contributed by atoms with Gasteiger partial charge in [0.05, 0.1) is 17.9 Å². The van der Waals surface area contributed by atoms with E-state index in [2.05, 4.69) is 15.5 Å². The number of nitrogen functional groups attached to an aromatic ring is 1. The minimum absolute atomic E-state index is 0.0888. The van der Waals surface area contributed by atoms with E-state index in [0.717, 1.165) is 0 Å². The molecule has 0 radical (unpaired) electrons. The van der Waals surface area contributed by atoms with Gasteiger partial charge in [0, 0.05) is 6.20 Å². The molecular formula is C13H14N4O2. The van der Waals surface area contributed by atoms with Crippen LogP contribution < -0.4 is 15.8 Å². The minimum Gasteiger partial charge on any atom is -0.482 e. The van der Waals surface area contributed by atoms with Crippen molar-refractivity contribution in [2.75, 3.05) is 12.3 Å². The maximum Gasteiger partial charge on any atom is 0.258 e. The van der Waals surface area contributed by atoms with E-state index in [-0.39, 0.29) is 12.5 Å². The molecule has 19 heavy (non-hydrogen) atoms. The topological polar surface area (TPSA) is 90.1 Å². The quantitative estimate of drug-likeness (QED) is 0.772. The Balaban J connectivity index is 1.78. The van der Waals surface area contributed by atoms with Crippen LogP contribution in [0.15, 0.2) is 42.6 Å². The van der Waals surface area contributed by atoms with Crippen molar-refractivity contribution in [3.8, 4) is 5.75 Å². The molecule has 1 aromatic heterocycles. The summed E-state index contributed by atoms with van der Waals surface area (Å²) < 4.78 is 5.31. The van der Waals surface area contributed by atoms with Crippen LogP contribution in [0.2, 0.25) is 0 Å². The van der Waals surface area contributed by atoms with Gasteiger partial charge in [0.15, 0.2) is 6.61 Å². The van der Waals surface area contributed by atoms with E-state index in [0.29, 0.717) is 23.7 Å². The molecular weight excluding hydrogens is 244 g/mol. The fourth-order valence-corrected chi connectivity index (χ4v) is 1.42. The maximum atomic E-state index is 11.6. The van der Waals surface area contributed by atoms with Gasteiger partial charge in [-0.25, -0.2) is 0 Å². The normalized spacial score (nSPS) is 9.89. The largest absolute Gasteiger partial charge is 0.482 e. The number of amides is 1. The van der Waals surface area contributed by atoms with Crippen molar-refractivity contribution in [3.05, 3.63) is 48.3 Å². The number of anilines is 1. The number of carbonyl (C=O) groups is 1. The van der Waals surface area contributed by atoms with Crippen molar-refractivity contribution in [1.29, 1.82) is 0 Å². The predicted octanol–water partition coefficient (Wildman–Crippen LogP) is 0.754. The SMILES string of the molecule is Nc1ccccc1OCC(=O)NCc1cccnn1. The van der Waals surface area contributed by atoms with Crippen LogP contribution in [0.4, 0.5) is 5.69 Å². The number of rotatable bonds is 5. The number of nitrogens with one attached hydrogen (secondary N) is 1. The average molecular weight is 258 g/mol. The molecule has 2 aromatic rings. The lowest BCUT2D eigenvalue weighted by molar-refractivity contribution is -0.123. The zero-order valence-corrected chi connectivity index (χ0v) is 10.2. The van der Waals surface area contributed by atoms with Crippen LogP contribution in [0.1, 0.15) is 5.69 Å². The fourth-order valence-electron chi connectivity index (χ4n) is 1.42. The average Bonchev–Trinajstić information content (AvgIpc) is 2.45. The van der Waals surface area contributed by atoms with E-state index in [1.165, 1.54) is 0 Å². The van der Waals surface area contributed by atoms with Crippen molar-refractivity contribution in [3.63, 3.8) is 0 Å². The second-order valence-electron chi connectivity index (χ2n) is 3.82. The van der Waals surface area contributed by atoms with Gasteiger partial charge in [0.2, 0.25) is 0 Å². The van der Waals surface area contributed by atoms with Crippen molar-refractivity contribution in [2.45, 2.75) is 6.54 Å². The molecule has 1 amide bonds. The number of nitrogens with zero attached hydrogens (tertiary/aromatic N) is 2. The molecule has 98 valence electrons. The first-order chi connectivity index (χ1) is 9.25. The van der Waals surface area contributed by atoms with Crippen molar-refractivity contribution in [2.24, 2.45) is 0 Å². The highest BCUT2D eigenvalue weighted by molar-refractivity contribution is 5.77. The number of nitrogens with two attached hydrogens (primary N) is 1.